The average Bonchev–Trinajstić information content (AvgIpc) is 2.07. The molecule has 1 heterocycles. The van der Waals surface area contributed by atoms with Gasteiger partial charge in [0.25, 0.3) is 0 Å². The van der Waals surface area contributed by atoms with Crippen molar-refractivity contribution in [1.82, 2.24) is 0 Å². The summed E-state index contributed by atoms with van der Waals surface area (Å²) in [5.41, 5.74) is 0. The molecule has 6 heteroatoms. The average molecular weight is 167 g/mol. The molecule has 0 atom stereocenters. The lowest BCUT2D eigenvalue weighted by atomic mass is 10.4. The van der Waals surface area contributed by atoms with Gasteiger partial charge in [-0.1, -0.05) is 0 Å². The van der Waals surface area contributed by atoms with Crippen molar-refractivity contribution in [3.8, 4) is 0 Å². The summed E-state index contributed by atoms with van der Waals surface area (Å²) in [5.74, 6) is 0. The van der Waals surface area contributed by atoms with Gasteiger partial charge in [-0.2, -0.15) is 8.42 Å². The summed E-state index contributed by atoms with van der Waals surface area (Å²) in [6.07, 6.45) is 4.47. The maximum absolute atomic E-state index is 8.74. The van der Waals surface area contributed by atoms with Gasteiger partial charge >= 0.3 is 10.4 Å². The Balaban J connectivity index is 0.000000162. The maximum atomic E-state index is 8.74. The minimum atomic E-state index is -4.67. The van der Waals surface area contributed by atoms with E-state index in [1.807, 2.05) is 6.21 Å². The molecule has 1 rings (SSSR count). The third-order valence-corrected chi connectivity index (χ3v) is 0.750. The number of nitrogens with zero attached hydrogens (tertiary/aromatic N) is 1. The second kappa shape index (κ2) is 4.37. The number of hydrogen-bond acceptors (Lipinski definition) is 3. The molecule has 0 aromatic carbocycles. The van der Waals surface area contributed by atoms with Gasteiger partial charge in [-0.05, 0) is 19.1 Å². The summed E-state index contributed by atoms with van der Waals surface area (Å²) in [7, 11) is -4.67. The van der Waals surface area contributed by atoms with E-state index < -0.39 is 10.4 Å². The van der Waals surface area contributed by atoms with Crippen LogP contribution in [0.15, 0.2) is 4.99 Å². The molecule has 0 amide bonds. The van der Waals surface area contributed by atoms with Gasteiger partial charge in [0.1, 0.15) is 0 Å². The Morgan fingerprint density at radius 3 is 2.00 bits per heavy atom. The van der Waals surface area contributed by atoms with E-state index in [-0.39, 0.29) is 0 Å². The van der Waals surface area contributed by atoms with Crippen LogP contribution in [0.5, 0.6) is 0 Å². The largest absolute Gasteiger partial charge is 0.394 e. The molecule has 0 aromatic rings. The zero-order valence-electron chi connectivity index (χ0n) is 5.27. The Kier molecular flexibility index (Phi) is 4.17. The molecule has 2 N–H and O–H groups in total. The Hall–Kier alpha value is -0.460. The Labute approximate surface area is 59.4 Å². The zero-order valence-corrected chi connectivity index (χ0v) is 6.08. The van der Waals surface area contributed by atoms with Gasteiger partial charge in [0.2, 0.25) is 0 Å². The van der Waals surface area contributed by atoms with Gasteiger partial charge in [-0.15, -0.1) is 0 Å². The van der Waals surface area contributed by atoms with Crippen LogP contribution in [0.2, 0.25) is 0 Å². The zero-order chi connectivity index (χ0) is 8.04. The normalized spacial score (nSPS) is 16.2. The van der Waals surface area contributed by atoms with E-state index in [0.29, 0.717) is 0 Å². The van der Waals surface area contributed by atoms with E-state index in [2.05, 4.69) is 4.99 Å². The minimum absolute atomic E-state index is 1.07. The third kappa shape index (κ3) is 15.6. The van der Waals surface area contributed by atoms with Gasteiger partial charge in [0.05, 0.1) is 0 Å². The van der Waals surface area contributed by atoms with Crippen LogP contribution in [0.25, 0.3) is 0 Å². The highest BCUT2D eigenvalue weighted by Gasteiger charge is 1.86. The predicted octanol–water partition coefficient (Wildman–Crippen LogP) is 0.198. The fourth-order valence-electron chi connectivity index (χ4n) is 0.456. The molecule has 0 saturated heterocycles. The van der Waals surface area contributed by atoms with Gasteiger partial charge in [-0.25, -0.2) is 0 Å². The van der Waals surface area contributed by atoms with Gasteiger partial charge in [0.15, 0.2) is 0 Å². The molecule has 0 fully saturated rings. The molecule has 1 aliphatic rings. The van der Waals surface area contributed by atoms with Crippen LogP contribution in [0.3, 0.4) is 0 Å². The lowest BCUT2D eigenvalue weighted by Crippen LogP contribution is -1.89. The van der Waals surface area contributed by atoms with Crippen LogP contribution in [-0.2, 0) is 10.4 Å². The second-order valence-electron chi connectivity index (χ2n) is 1.68. The van der Waals surface area contributed by atoms with Crippen molar-refractivity contribution in [2.45, 2.75) is 12.8 Å². The van der Waals surface area contributed by atoms with Crippen molar-refractivity contribution in [3.05, 3.63) is 0 Å². The summed E-state index contributed by atoms with van der Waals surface area (Å²) in [5, 5.41) is 0. The highest BCUT2D eigenvalue weighted by atomic mass is 32.3. The summed E-state index contributed by atoms with van der Waals surface area (Å²) >= 11 is 0. The molecule has 0 aliphatic carbocycles. The van der Waals surface area contributed by atoms with E-state index in [1.165, 1.54) is 12.8 Å². The first kappa shape index (κ1) is 9.54. The molecular weight excluding hydrogens is 158 g/mol. The molecule has 0 spiro atoms. The van der Waals surface area contributed by atoms with Crippen LogP contribution in [-0.4, -0.2) is 30.3 Å². The third-order valence-electron chi connectivity index (χ3n) is 0.750. The molecule has 10 heavy (non-hydrogen) atoms. The molecule has 60 valence electrons. The standard InChI is InChI=1S/C4H7N.H2O4S/c1-2-4-5-3-1;1-5(2,3)4/h3H,1-2,4H2;(H2,1,2,3,4). The van der Waals surface area contributed by atoms with Crippen molar-refractivity contribution < 1.29 is 17.5 Å². The van der Waals surface area contributed by atoms with Crippen LogP contribution >= 0.6 is 0 Å². The first-order chi connectivity index (χ1) is 4.50. The van der Waals surface area contributed by atoms with Crippen molar-refractivity contribution in [2.75, 3.05) is 6.54 Å². The first-order valence-electron chi connectivity index (χ1n) is 2.68. The maximum Gasteiger partial charge on any atom is 0.394 e. The van der Waals surface area contributed by atoms with E-state index in [4.69, 9.17) is 17.5 Å². The smallest absolute Gasteiger partial charge is 0.298 e. The first-order valence-corrected chi connectivity index (χ1v) is 4.08. The second-order valence-corrected chi connectivity index (χ2v) is 2.57. The summed E-state index contributed by atoms with van der Waals surface area (Å²) in [4.78, 5) is 3.96. The molecule has 1 aliphatic heterocycles. The van der Waals surface area contributed by atoms with Crippen LogP contribution in [0.4, 0.5) is 0 Å². The summed E-state index contributed by atoms with van der Waals surface area (Å²) < 4.78 is 31.6. The number of hydrogen-bond donors (Lipinski definition) is 2. The number of aliphatic imine (C=N–C) groups is 1. The fourth-order valence-corrected chi connectivity index (χ4v) is 0.456. The lowest BCUT2D eigenvalue weighted by molar-refractivity contribution is 0.381. The topological polar surface area (TPSA) is 87.0 Å². The molecule has 0 saturated carbocycles. The fraction of sp³-hybridized carbons (Fsp3) is 0.750. The monoisotopic (exact) mass is 167 g/mol. The van der Waals surface area contributed by atoms with Crippen molar-refractivity contribution >= 4 is 16.6 Å². The summed E-state index contributed by atoms with van der Waals surface area (Å²) in [6.45, 7) is 1.07. The molecule has 0 bridgehead atoms. The van der Waals surface area contributed by atoms with Crippen molar-refractivity contribution in [2.24, 2.45) is 4.99 Å². The highest BCUT2D eigenvalue weighted by molar-refractivity contribution is 7.79. The van der Waals surface area contributed by atoms with Crippen molar-refractivity contribution in [1.29, 1.82) is 0 Å². The van der Waals surface area contributed by atoms with Crippen LogP contribution in [0, 0.1) is 0 Å². The van der Waals surface area contributed by atoms with Crippen molar-refractivity contribution in [3.63, 3.8) is 0 Å². The Bertz CT molecular complexity index is 181. The Morgan fingerprint density at radius 1 is 1.40 bits per heavy atom. The predicted molar refractivity (Wildman–Crippen MR) is 36.8 cm³/mol. The minimum Gasteiger partial charge on any atom is -0.298 e. The van der Waals surface area contributed by atoms with E-state index in [9.17, 15) is 0 Å². The van der Waals surface area contributed by atoms with Gasteiger partial charge in [0, 0.05) is 6.54 Å². The van der Waals surface area contributed by atoms with Gasteiger partial charge < -0.3 is 0 Å². The quantitative estimate of drug-likeness (QED) is 0.504. The van der Waals surface area contributed by atoms with Gasteiger partial charge in [-0.3, -0.25) is 14.1 Å². The highest BCUT2D eigenvalue weighted by Crippen LogP contribution is 1.92. The molecule has 0 unspecified atom stereocenters. The van der Waals surface area contributed by atoms with Crippen LogP contribution in [0.1, 0.15) is 12.8 Å². The summed E-state index contributed by atoms with van der Waals surface area (Å²) in [6, 6.07) is 0. The Morgan fingerprint density at radius 2 is 1.90 bits per heavy atom. The SMILES string of the molecule is C1=NCCC1.O=S(=O)(O)O. The number of rotatable bonds is 0. The van der Waals surface area contributed by atoms with E-state index >= 15 is 0 Å². The molecule has 0 radical (unpaired) electrons. The van der Waals surface area contributed by atoms with E-state index in [1.54, 1.807) is 0 Å². The van der Waals surface area contributed by atoms with Crippen LogP contribution < -0.4 is 0 Å². The molecule has 5 nitrogen and oxygen atoms in total. The molecule has 0 aromatic heterocycles. The van der Waals surface area contributed by atoms with E-state index in [0.717, 1.165) is 6.54 Å². The lowest BCUT2D eigenvalue weighted by Gasteiger charge is -1.68. The molecular formula is C4H9NO4S.